The highest BCUT2D eigenvalue weighted by Crippen LogP contribution is 2.34. The highest BCUT2D eigenvalue weighted by Gasteiger charge is 2.36. The zero-order chi connectivity index (χ0) is 24.8. The Morgan fingerprint density at radius 1 is 1.14 bits per heavy atom. The number of carbonyl (C=O) groups is 3. The van der Waals surface area contributed by atoms with Crippen molar-refractivity contribution in [2.75, 3.05) is 43.1 Å². The second kappa shape index (κ2) is 11.4. The molecule has 0 unspecified atom stereocenters. The van der Waals surface area contributed by atoms with Gasteiger partial charge in [0.05, 0.1) is 35.6 Å². The van der Waals surface area contributed by atoms with Crippen LogP contribution in [0.3, 0.4) is 0 Å². The molecule has 2 aliphatic rings. The Hall–Kier alpha value is -3.30. The smallest absolute Gasteiger partial charge is 0.294 e. The number of ether oxygens (including phenoxy) is 2. The monoisotopic (exact) mass is 495 g/mol. The molecule has 2 aromatic rings. The summed E-state index contributed by atoms with van der Waals surface area (Å²) in [6, 6.07) is 14.9. The molecule has 0 aromatic heterocycles. The molecule has 8 nitrogen and oxygen atoms in total. The van der Waals surface area contributed by atoms with Crippen LogP contribution >= 0.6 is 11.8 Å². The van der Waals surface area contributed by atoms with Gasteiger partial charge in [-0.2, -0.15) is 0 Å². The number of rotatable bonds is 8. The third-order valence-corrected chi connectivity index (χ3v) is 6.72. The van der Waals surface area contributed by atoms with Crippen molar-refractivity contribution in [3.05, 3.63) is 59.0 Å². The van der Waals surface area contributed by atoms with Gasteiger partial charge in [0.2, 0.25) is 5.91 Å². The fourth-order valence-corrected chi connectivity index (χ4v) is 4.61. The lowest BCUT2D eigenvalue weighted by Gasteiger charge is -2.30. The van der Waals surface area contributed by atoms with E-state index in [0.29, 0.717) is 30.2 Å². The van der Waals surface area contributed by atoms with Crippen LogP contribution in [-0.4, -0.2) is 60.9 Å². The summed E-state index contributed by atoms with van der Waals surface area (Å²) in [5.41, 5.74) is 2.23. The third kappa shape index (κ3) is 6.04. The first kappa shape index (κ1) is 24.8. The number of amides is 3. The van der Waals surface area contributed by atoms with E-state index in [4.69, 9.17) is 9.47 Å². The Morgan fingerprint density at radius 2 is 1.86 bits per heavy atom. The second-order valence-electron chi connectivity index (χ2n) is 8.31. The molecule has 4 rings (SSSR count). The van der Waals surface area contributed by atoms with E-state index in [-0.39, 0.29) is 17.6 Å². The highest BCUT2D eigenvalue weighted by atomic mass is 32.2. The standard InChI is InChI=1S/C26H29N3O5S/c1-3-18(2)34-22-11-7-4-8-19(22)16-23-25(31)29(26(32)35-23)17-24(30)27-20-9-5-6-10-21(20)28-12-14-33-15-13-28/h4-11,16,18H,3,12-15,17H2,1-2H3,(H,27,30)/b23-16+/t18-/m1/s1. The Bertz CT molecular complexity index is 1130. The molecule has 2 saturated heterocycles. The number of carbonyl (C=O) groups excluding carboxylic acids is 3. The van der Waals surface area contributed by atoms with Crippen LogP contribution < -0.4 is 15.0 Å². The number of thioether (sulfide) groups is 1. The van der Waals surface area contributed by atoms with E-state index < -0.39 is 17.1 Å². The van der Waals surface area contributed by atoms with Gasteiger partial charge in [-0.05, 0) is 49.4 Å². The Labute approximate surface area is 209 Å². The van der Waals surface area contributed by atoms with Crippen LogP contribution in [0.1, 0.15) is 25.8 Å². The van der Waals surface area contributed by atoms with Crippen LogP contribution in [0.15, 0.2) is 53.4 Å². The molecular formula is C26H29N3O5S. The van der Waals surface area contributed by atoms with Gasteiger partial charge in [0.25, 0.3) is 11.1 Å². The summed E-state index contributed by atoms with van der Waals surface area (Å²) in [4.78, 5) is 41.8. The van der Waals surface area contributed by atoms with Gasteiger partial charge < -0.3 is 19.7 Å². The molecule has 2 heterocycles. The zero-order valence-corrected chi connectivity index (χ0v) is 20.7. The van der Waals surface area contributed by atoms with Crippen molar-refractivity contribution in [2.24, 2.45) is 0 Å². The van der Waals surface area contributed by atoms with E-state index in [1.54, 1.807) is 6.08 Å². The van der Waals surface area contributed by atoms with Crippen molar-refractivity contribution < 1.29 is 23.9 Å². The lowest BCUT2D eigenvalue weighted by molar-refractivity contribution is -0.127. The number of hydrogen-bond acceptors (Lipinski definition) is 7. The molecule has 9 heteroatoms. The number of nitrogens with one attached hydrogen (secondary N) is 1. The van der Waals surface area contributed by atoms with Gasteiger partial charge in [-0.25, -0.2) is 0 Å². The van der Waals surface area contributed by atoms with Crippen LogP contribution in [-0.2, 0) is 14.3 Å². The number of hydrogen-bond donors (Lipinski definition) is 1. The lowest BCUT2D eigenvalue weighted by atomic mass is 10.1. The molecular weight excluding hydrogens is 466 g/mol. The summed E-state index contributed by atoms with van der Waals surface area (Å²) in [6.07, 6.45) is 2.51. The zero-order valence-electron chi connectivity index (χ0n) is 19.9. The van der Waals surface area contributed by atoms with Gasteiger partial charge in [-0.1, -0.05) is 37.3 Å². The normalized spacial score (nSPS) is 18.2. The Balaban J connectivity index is 1.45. The van der Waals surface area contributed by atoms with Crippen LogP contribution in [0.25, 0.3) is 6.08 Å². The number of nitrogens with zero attached hydrogens (tertiary/aromatic N) is 2. The molecule has 0 aliphatic carbocycles. The minimum absolute atomic E-state index is 0.0173. The minimum atomic E-state index is -0.491. The summed E-state index contributed by atoms with van der Waals surface area (Å²) < 4.78 is 11.4. The van der Waals surface area contributed by atoms with Crippen LogP contribution in [0.5, 0.6) is 5.75 Å². The van der Waals surface area contributed by atoms with Gasteiger partial charge in [-0.3, -0.25) is 19.3 Å². The maximum Gasteiger partial charge on any atom is 0.294 e. The molecule has 0 bridgehead atoms. The average molecular weight is 496 g/mol. The fourth-order valence-electron chi connectivity index (χ4n) is 3.78. The number of imide groups is 1. The molecule has 2 aromatic carbocycles. The first-order valence-electron chi connectivity index (χ1n) is 11.7. The molecule has 1 atom stereocenters. The lowest BCUT2D eigenvalue weighted by Crippen LogP contribution is -2.38. The Kier molecular flexibility index (Phi) is 8.09. The van der Waals surface area contributed by atoms with Gasteiger partial charge >= 0.3 is 0 Å². The molecule has 2 aliphatic heterocycles. The quantitative estimate of drug-likeness (QED) is 0.544. The summed E-state index contributed by atoms with van der Waals surface area (Å²) in [7, 11) is 0. The third-order valence-electron chi connectivity index (χ3n) is 5.81. The Morgan fingerprint density at radius 3 is 2.63 bits per heavy atom. The van der Waals surface area contributed by atoms with Crippen molar-refractivity contribution in [1.82, 2.24) is 4.90 Å². The van der Waals surface area contributed by atoms with E-state index in [1.165, 1.54) is 0 Å². The van der Waals surface area contributed by atoms with Crippen molar-refractivity contribution in [2.45, 2.75) is 26.4 Å². The molecule has 1 N–H and O–H groups in total. The highest BCUT2D eigenvalue weighted by molar-refractivity contribution is 8.18. The SMILES string of the molecule is CC[C@@H](C)Oc1ccccc1/C=C1/SC(=O)N(CC(=O)Nc2ccccc2N2CCOCC2)C1=O. The maximum absolute atomic E-state index is 13.0. The predicted molar refractivity (Wildman–Crippen MR) is 138 cm³/mol. The van der Waals surface area contributed by atoms with Crippen molar-refractivity contribution in [1.29, 1.82) is 0 Å². The van der Waals surface area contributed by atoms with Crippen LogP contribution in [0.4, 0.5) is 16.2 Å². The van der Waals surface area contributed by atoms with Crippen molar-refractivity contribution in [3.8, 4) is 5.75 Å². The summed E-state index contributed by atoms with van der Waals surface area (Å²) in [5.74, 6) is -0.282. The first-order valence-corrected chi connectivity index (χ1v) is 12.5. The number of morpholine rings is 1. The van der Waals surface area contributed by atoms with E-state index in [2.05, 4.69) is 10.2 Å². The summed E-state index contributed by atoms with van der Waals surface area (Å²) in [6.45, 7) is 6.34. The van der Waals surface area contributed by atoms with E-state index in [1.807, 2.05) is 62.4 Å². The van der Waals surface area contributed by atoms with Crippen LogP contribution in [0, 0.1) is 0 Å². The number of benzene rings is 2. The van der Waals surface area contributed by atoms with Gasteiger partial charge in [0.1, 0.15) is 12.3 Å². The largest absolute Gasteiger partial charge is 0.490 e. The van der Waals surface area contributed by atoms with Gasteiger partial charge in [0, 0.05) is 18.7 Å². The number of anilines is 2. The average Bonchev–Trinajstić information content (AvgIpc) is 3.13. The first-order chi connectivity index (χ1) is 17.0. The van der Waals surface area contributed by atoms with E-state index in [0.717, 1.165) is 41.9 Å². The minimum Gasteiger partial charge on any atom is -0.490 e. The van der Waals surface area contributed by atoms with Crippen molar-refractivity contribution >= 4 is 46.3 Å². The second-order valence-corrected chi connectivity index (χ2v) is 9.30. The topological polar surface area (TPSA) is 88.2 Å². The van der Waals surface area contributed by atoms with E-state index in [9.17, 15) is 14.4 Å². The molecule has 0 radical (unpaired) electrons. The van der Waals surface area contributed by atoms with E-state index >= 15 is 0 Å². The molecule has 184 valence electrons. The molecule has 3 amide bonds. The van der Waals surface area contributed by atoms with Crippen LogP contribution in [0.2, 0.25) is 0 Å². The number of para-hydroxylation sites is 3. The summed E-state index contributed by atoms with van der Waals surface area (Å²) in [5, 5.41) is 2.39. The molecule has 2 fully saturated rings. The maximum atomic E-state index is 13.0. The molecule has 0 saturated carbocycles. The predicted octanol–water partition coefficient (Wildman–Crippen LogP) is 4.38. The molecule has 35 heavy (non-hydrogen) atoms. The summed E-state index contributed by atoms with van der Waals surface area (Å²) >= 11 is 0.825. The van der Waals surface area contributed by atoms with Gasteiger partial charge in [-0.15, -0.1) is 0 Å². The fraction of sp³-hybridized carbons (Fsp3) is 0.346. The van der Waals surface area contributed by atoms with Gasteiger partial charge in [0.15, 0.2) is 0 Å². The molecule has 0 spiro atoms. The van der Waals surface area contributed by atoms with Crippen molar-refractivity contribution in [3.63, 3.8) is 0 Å².